The molecule has 0 aliphatic carbocycles. The van der Waals surface area contributed by atoms with Crippen LogP contribution in [0.4, 0.5) is 5.69 Å². The van der Waals surface area contributed by atoms with Crippen molar-refractivity contribution < 1.29 is 14.4 Å². The lowest BCUT2D eigenvalue weighted by atomic mass is 10.1. The van der Waals surface area contributed by atoms with Crippen LogP contribution >= 0.6 is 0 Å². The van der Waals surface area contributed by atoms with Crippen molar-refractivity contribution in [3.8, 4) is 0 Å². The summed E-state index contributed by atoms with van der Waals surface area (Å²) in [6.45, 7) is 1.98. The first-order chi connectivity index (χ1) is 13.4. The van der Waals surface area contributed by atoms with Gasteiger partial charge in [-0.1, -0.05) is 37.3 Å². The average Bonchev–Trinajstić information content (AvgIpc) is 2.72. The molecule has 2 rings (SSSR count). The lowest BCUT2D eigenvalue weighted by Crippen LogP contribution is -2.34. The van der Waals surface area contributed by atoms with Gasteiger partial charge in [0, 0.05) is 31.4 Å². The van der Waals surface area contributed by atoms with E-state index in [1.807, 2.05) is 31.2 Å². The Morgan fingerprint density at radius 1 is 1.04 bits per heavy atom. The first-order valence-corrected chi connectivity index (χ1v) is 9.07. The summed E-state index contributed by atoms with van der Waals surface area (Å²) < 4.78 is 0. The number of carbonyl (C=O) groups excluding carboxylic acids is 3. The number of anilines is 1. The number of para-hydroxylation sites is 1. The Morgan fingerprint density at radius 3 is 2.36 bits per heavy atom. The first-order valence-electron chi connectivity index (χ1n) is 9.07. The highest BCUT2D eigenvalue weighted by atomic mass is 16.2. The second-order valence-corrected chi connectivity index (χ2v) is 6.29. The fourth-order valence-electron chi connectivity index (χ4n) is 2.62. The largest absolute Gasteiger partial charge is 0.355 e. The smallest absolute Gasteiger partial charge is 0.251 e. The molecule has 6 heteroatoms. The Bertz CT molecular complexity index is 873. The van der Waals surface area contributed by atoms with E-state index in [1.54, 1.807) is 44.4 Å². The third-order valence-electron chi connectivity index (χ3n) is 4.25. The zero-order chi connectivity index (χ0) is 20.5. The predicted octanol–water partition coefficient (Wildman–Crippen LogP) is 2.72. The quantitative estimate of drug-likeness (QED) is 0.726. The van der Waals surface area contributed by atoms with Crippen molar-refractivity contribution in [1.82, 2.24) is 10.2 Å². The highest BCUT2D eigenvalue weighted by Gasteiger charge is 2.12. The van der Waals surface area contributed by atoms with Crippen molar-refractivity contribution in [2.45, 2.75) is 13.3 Å². The van der Waals surface area contributed by atoms with Gasteiger partial charge >= 0.3 is 0 Å². The van der Waals surface area contributed by atoms with Gasteiger partial charge in [0.05, 0.1) is 6.54 Å². The molecule has 0 bridgehead atoms. The summed E-state index contributed by atoms with van der Waals surface area (Å²) in [5, 5.41) is 5.40. The van der Waals surface area contributed by atoms with E-state index in [-0.39, 0.29) is 24.3 Å². The topological polar surface area (TPSA) is 78.5 Å². The molecule has 0 atom stereocenters. The van der Waals surface area contributed by atoms with Crippen LogP contribution in [0.1, 0.15) is 28.4 Å². The predicted molar refractivity (Wildman–Crippen MR) is 111 cm³/mol. The van der Waals surface area contributed by atoms with Crippen LogP contribution in [0.3, 0.4) is 0 Å². The molecule has 0 fully saturated rings. The van der Waals surface area contributed by atoms with Gasteiger partial charge in [0.25, 0.3) is 5.91 Å². The molecule has 6 nitrogen and oxygen atoms in total. The zero-order valence-electron chi connectivity index (χ0n) is 16.4. The maximum absolute atomic E-state index is 12.2. The second-order valence-electron chi connectivity index (χ2n) is 6.29. The Labute approximate surface area is 165 Å². The normalized spacial score (nSPS) is 10.5. The number of rotatable bonds is 7. The number of likely N-dealkylation sites (N-methyl/N-ethyl adjacent to an activating group) is 1. The highest BCUT2D eigenvalue weighted by Crippen LogP contribution is 2.15. The van der Waals surface area contributed by atoms with Crippen molar-refractivity contribution in [2.75, 3.05) is 26.0 Å². The number of amides is 3. The lowest BCUT2D eigenvalue weighted by Gasteiger charge is -2.16. The maximum Gasteiger partial charge on any atom is 0.251 e. The Kier molecular flexibility index (Phi) is 7.51. The summed E-state index contributed by atoms with van der Waals surface area (Å²) in [4.78, 5) is 37.3. The molecule has 0 unspecified atom stereocenters. The fourth-order valence-corrected chi connectivity index (χ4v) is 2.62. The van der Waals surface area contributed by atoms with Gasteiger partial charge in [-0.25, -0.2) is 0 Å². The van der Waals surface area contributed by atoms with Crippen LogP contribution in [-0.2, 0) is 16.0 Å². The van der Waals surface area contributed by atoms with Crippen molar-refractivity contribution in [3.05, 3.63) is 71.3 Å². The van der Waals surface area contributed by atoms with Crippen LogP contribution in [0.5, 0.6) is 0 Å². The number of benzene rings is 2. The molecule has 3 amide bonds. The molecule has 0 heterocycles. The third kappa shape index (κ3) is 5.81. The molecule has 0 aliphatic heterocycles. The fraction of sp³-hybridized carbons (Fsp3) is 0.227. The molecule has 0 saturated carbocycles. The molecule has 0 saturated heterocycles. The van der Waals surface area contributed by atoms with Crippen LogP contribution in [0.2, 0.25) is 0 Å². The van der Waals surface area contributed by atoms with Crippen LogP contribution in [0, 0.1) is 0 Å². The monoisotopic (exact) mass is 379 g/mol. The van der Waals surface area contributed by atoms with E-state index >= 15 is 0 Å². The Hall–Kier alpha value is -3.41. The molecule has 0 radical (unpaired) electrons. The lowest BCUT2D eigenvalue weighted by molar-refractivity contribution is -0.129. The van der Waals surface area contributed by atoms with Crippen LogP contribution < -0.4 is 10.6 Å². The van der Waals surface area contributed by atoms with E-state index in [0.717, 1.165) is 23.2 Å². The Balaban J connectivity index is 1.92. The SMILES string of the molecule is CCc1ccccc1NC(=O)CN(C)C(=O)/C=C/c1ccc(C(=O)NC)cc1. The molecule has 2 aromatic carbocycles. The Morgan fingerprint density at radius 2 is 1.71 bits per heavy atom. The highest BCUT2D eigenvalue weighted by molar-refractivity contribution is 5.98. The zero-order valence-corrected chi connectivity index (χ0v) is 16.4. The van der Waals surface area contributed by atoms with Gasteiger partial charge in [0.15, 0.2) is 0 Å². The average molecular weight is 379 g/mol. The van der Waals surface area contributed by atoms with Gasteiger partial charge in [-0.05, 0) is 41.8 Å². The summed E-state index contributed by atoms with van der Waals surface area (Å²) in [5.41, 5.74) is 3.15. The standard InChI is InChI=1S/C22H25N3O3/c1-4-17-7-5-6-8-19(17)24-20(26)15-25(3)21(27)14-11-16-9-12-18(13-10-16)22(28)23-2/h5-14H,4,15H2,1-3H3,(H,23,28)(H,24,26)/b14-11+. The first kappa shape index (κ1) is 20.9. The minimum Gasteiger partial charge on any atom is -0.355 e. The van der Waals surface area contributed by atoms with E-state index < -0.39 is 0 Å². The van der Waals surface area contributed by atoms with Gasteiger partial charge in [0.2, 0.25) is 11.8 Å². The summed E-state index contributed by atoms with van der Waals surface area (Å²) in [6, 6.07) is 14.5. The van der Waals surface area contributed by atoms with Gasteiger partial charge in [-0.2, -0.15) is 0 Å². The third-order valence-corrected chi connectivity index (χ3v) is 4.25. The number of carbonyl (C=O) groups is 3. The summed E-state index contributed by atoms with van der Waals surface area (Å²) in [6.07, 6.45) is 3.87. The molecule has 2 N–H and O–H groups in total. The number of hydrogen-bond acceptors (Lipinski definition) is 3. The van der Waals surface area contributed by atoms with E-state index in [2.05, 4.69) is 10.6 Å². The van der Waals surface area contributed by atoms with Crippen molar-refractivity contribution in [1.29, 1.82) is 0 Å². The molecule has 0 aromatic heterocycles. The maximum atomic E-state index is 12.2. The summed E-state index contributed by atoms with van der Waals surface area (Å²) in [7, 11) is 3.15. The molecule has 28 heavy (non-hydrogen) atoms. The summed E-state index contributed by atoms with van der Waals surface area (Å²) in [5.74, 6) is -0.698. The van der Waals surface area contributed by atoms with Gasteiger partial charge in [-0.15, -0.1) is 0 Å². The van der Waals surface area contributed by atoms with Crippen molar-refractivity contribution in [2.24, 2.45) is 0 Å². The van der Waals surface area contributed by atoms with Crippen LogP contribution in [0.25, 0.3) is 6.08 Å². The molecule has 2 aromatic rings. The molecular formula is C22H25N3O3. The van der Waals surface area contributed by atoms with Gasteiger partial charge in [-0.3, -0.25) is 14.4 Å². The van der Waals surface area contributed by atoms with Crippen LogP contribution in [-0.4, -0.2) is 43.3 Å². The van der Waals surface area contributed by atoms with E-state index in [9.17, 15) is 14.4 Å². The minimum atomic E-state index is -0.283. The molecule has 0 spiro atoms. The van der Waals surface area contributed by atoms with E-state index in [0.29, 0.717) is 5.56 Å². The molecule has 146 valence electrons. The van der Waals surface area contributed by atoms with Gasteiger partial charge in [0.1, 0.15) is 0 Å². The summed E-state index contributed by atoms with van der Waals surface area (Å²) >= 11 is 0. The second kappa shape index (κ2) is 10.1. The van der Waals surface area contributed by atoms with E-state index in [4.69, 9.17) is 0 Å². The number of hydrogen-bond donors (Lipinski definition) is 2. The van der Waals surface area contributed by atoms with Crippen LogP contribution in [0.15, 0.2) is 54.6 Å². The van der Waals surface area contributed by atoms with Crippen molar-refractivity contribution in [3.63, 3.8) is 0 Å². The molecular weight excluding hydrogens is 354 g/mol. The number of nitrogens with zero attached hydrogens (tertiary/aromatic N) is 1. The molecule has 0 aliphatic rings. The minimum absolute atomic E-state index is 0.0448. The van der Waals surface area contributed by atoms with E-state index in [1.165, 1.54) is 11.0 Å². The van der Waals surface area contributed by atoms with Crippen molar-refractivity contribution >= 4 is 29.5 Å². The number of aryl methyl sites for hydroxylation is 1. The van der Waals surface area contributed by atoms with Gasteiger partial charge < -0.3 is 15.5 Å². The number of nitrogens with one attached hydrogen (secondary N) is 2.